The van der Waals surface area contributed by atoms with Crippen LogP contribution in [0.15, 0.2) is 57.8 Å². The number of nitrogens with one attached hydrogen (secondary N) is 2. The minimum absolute atomic E-state index is 0.0618. The molecular formula is C22H25N3O3S. The van der Waals surface area contributed by atoms with Crippen LogP contribution in [0, 0.1) is 0 Å². The van der Waals surface area contributed by atoms with E-state index in [-0.39, 0.29) is 16.8 Å². The Morgan fingerprint density at radius 3 is 2.28 bits per heavy atom. The van der Waals surface area contributed by atoms with E-state index in [1.165, 1.54) is 32.1 Å². The van der Waals surface area contributed by atoms with Gasteiger partial charge in [-0.1, -0.05) is 44.2 Å². The molecule has 0 unspecified atom stereocenters. The Labute approximate surface area is 171 Å². The number of carbonyl (C=O) groups excluding carboxylic acids is 1. The first-order valence-electron chi connectivity index (χ1n) is 10.2. The normalized spacial score (nSPS) is 18.8. The molecule has 1 aliphatic carbocycles. The van der Waals surface area contributed by atoms with Crippen LogP contribution in [0.2, 0.25) is 0 Å². The van der Waals surface area contributed by atoms with Crippen molar-refractivity contribution in [2.45, 2.75) is 55.9 Å². The Morgan fingerprint density at radius 1 is 0.897 bits per heavy atom. The maximum Gasteiger partial charge on any atom is 0.285 e. The fourth-order valence-corrected chi connectivity index (χ4v) is 5.08. The van der Waals surface area contributed by atoms with Gasteiger partial charge in [-0.15, -0.1) is 4.40 Å². The van der Waals surface area contributed by atoms with Crippen molar-refractivity contribution in [2.24, 2.45) is 4.40 Å². The second-order valence-electron chi connectivity index (χ2n) is 7.63. The molecule has 4 rings (SSSR count). The predicted octanol–water partition coefficient (Wildman–Crippen LogP) is 4.09. The van der Waals surface area contributed by atoms with Crippen LogP contribution in [-0.4, -0.2) is 26.2 Å². The number of anilines is 1. The molecule has 0 radical (unpaired) electrons. The summed E-state index contributed by atoms with van der Waals surface area (Å²) in [6.07, 6.45) is 8.20. The first-order valence-corrected chi connectivity index (χ1v) is 11.6. The van der Waals surface area contributed by atoms with Gasteiger partial charge in [0.25, 0.3) is 15.9 Å². The number of carbonyl (C=O) groups is 1. The van der Waals surface area contributed by atoms with Gasteiger partial charge in [0, 0.05) is 22.9 Å². The lowest BCUT2D eigenvalue weighted by Crippen LogP contribution is -2.35. The lowest BCUT2D eigenvalue weighted by molar-refractivity contribution is 0.0930. The molecule has 29 heavy (non-hydrogen) atoms. The van der Waals surface area contributed by atoms with E-state index < -0.39 is 10.0 Å². The second-order valence-corrected chi connectivity index (χ2v) is 9.20. The van der Waals surface area contributed by atoms with Crippen molar-refractivity contribution in [3.63, 3.8) is 0 Å². The van der Waals surface area contributed by atoms with Crippen LogP contribution < -0.4 is 10.6 Å². The minimum atomic E-state index is -3.66. The fraction of sp³-hybridized carbons (Fsp3) is 0.364. The lowest BCUT2D eigenvalue weighted by Gasteiger charge is -2.21. The number of benzene rings is 2. The summed E-state index contributed by atoms with van der Waals surface area (Å²) in [5, 5.41) is 6.21. The Bertz CT molecular complexity index is 1020. The lowest BCUT2D eigenvalue weighted by atomic mass is 9.96. The third-order valence-corrected chi connectivity index (χ3v) is 6.82. The average Bonchev–Trinajstić information content (AvgIpc) is 2.95. The molecule has 2 aliphatic rings. The molecule has 2 N–H and O–H groups in total. The maximum atomic E-state index is 12.6. The smallest absolute Gasteiger partial charge is 0.285 e. The first-order chi connectivity index (χ1) is 14.0. The maximum absolute atomic E-state index is 12.6. The van der Waals surface area contributed by atoms with Gasteiger partial charge in [0.1, 0.15) is 4.90 Å². The van der Waals surface area contributed by atoms with E-state index in [1.807, 2.05) is 0 Å². The number of amidine groups is 1. The monoisotopic (exact) mass is 411 g/mol. The average molecular weight is 412 g/mol. The summed E-state index contributed by atoms with van der Waals surface area (Å²) < 4.78 is 28.1. The van der Waals surface area contributed by atoms with E-state index in [2.05, 4.69) is 15.0 Å². The van der Waals surface area contributed by atoms with Crippen LogP contribution in [0.1, 0.15) is 60.9 Å². The molecule has 2 aromatic rings. The number of amides is 1. The van der Waals surface area contributed by atoms with Crippen LogP contribution in [0.5, 0.6) is 0 Å². The molecule has 0 saturated heterocycles. The molecule has 0 spiro atoms. The van der Waals surface area contributed by atoms with Gasteiger partial charge in [-0.05, 0) is 49.2 Å². The zero-order valence-corrected chi connectivity index (χ0v) is 17.0. The Hall–Kier alpha value is -2.67. The number of rotatable bonds is 3. The van der Waals surface area contributed by atoms with Crippen LogP contribution in [0.4, 0.5) is 5.69 Å². The molecular weight excluding hydrogens is 386 g/mol. The zero-order valence-electron chi connectivity index (χ0n) is 16.2. The molecule has 7 heteroatoms. The van der Waals surface area contributed by atoms with Gasteiger partial charge in [0.05, 0.1) is 0 Å². The van der Waals surface area contributed by atoms with E-state index in [9.17, 15) is 13.2 Å². The van der Waals surface area contributed by atoms with Gasteiger partial charge < -0.3 is 10.6 Å². The summed E-state index contributed by atoms with van der Waals surface area (Å²) in [6.45, 7) is 0. The van der Waals surface area contributed by atoms with Crippen LogP contribution in [-0.2, 0) is 10.0 Å². The first kappa shape index (κ1) is 19.6. The Balaban J connectivity index is 1.43. The largest absolute Gasteiger partial charge is 0.349 e. The molecule has 152 valence electrons. The molecule has 1 amide bonds. The zero-order chi connectivity index (χ0) is 20.3. The van der Waals surface area contributed by atoms with E-state index in [1.54, 1.807) is 48.5 Å². The Kier molecular flexibility index (Phi) is 5.67. The van der Waals surface area contributed by atoms with Crippen molar-refractivity contribution < 1.29 is 13.2 Å². The predicted molar refractivity (Wildman–Crippen MR) is 114 cm³/mol. The van der Waals surface area contributed by atoms with Crippen molar-refractivity contribution in [3.8, 4) is 0 Å². The summed E-state index contributed by atoms with van der Waals surface area (Å²) in [5.74, 6) is 0.237. The molecule has 0 atom stereocenters. The topological polar surface area (TPSA) is 87.6 Å². The van der Waals surface area contributed by atoms with Crippen LogP contribution in [0.3, 0.4) is 0 Å². The number of fused-ring (bicyclic) bond motifs is 1. The fourth-order valence-electron chi connectivity index (χ4n) is 3.91. The number of hydrogen-bond acceptors (Lipinski definition) is 4. The molecule has 1 saturated carbocycles. The Morgan fingerprint density at radius 2 is 1.55 bits per heavy atom. The van der Waals surface area contributed by atoms with Crippen molar-refractivity contribution in [1.82, 2.24) is 5.32 Å². The van der Waals surface area contributed by atoms with Crippen molar-refractivity contribution in [2.75, 3.05) is 5.32 Å². The minimum Gasteiger partial charge on any atom is -0.349 e. The van der Waals surface area contributed by atoms with E-state index in [4.69, 9.17) is 0 Å². The van der Waals surface area contributed by atoms with Crippen molar-refractivity contribution in [1.29, 1.82) is 0 Å². The number of hydrogen-bond donors (Lipinski definition) is 2. The molecule has 0 aromatic heterocycles. The highest BCUT2D eigenvalue weighted by molar-refractivity contribution is 7.90. The molecule has 2 aromatic carbocycles. The summed E-state index contributed by atoms with van der Waals surface area (Å²) in [4.78, 5) is 12.8. The van der Waals surface area contributed by atoms with Gasteiger partial charge in [0.2, 0.25) is 0 Å². The van der Waals surface area contributed by atoms with Crippen LogP contribution in [0.25, 0.3) is 0 Å². The van der Waals surface area contributed by atoms with Gasteiger partial charge in [-0.25, -0.2) is 0 Å². The molecule has 1 aliphatic heterocycles. The molecule has 0 bridgehead atoms. The van der Waals surface area contributed by atoms with E-state index in [0.717, 1.165) is 12.8 Å². The van der Waals surface area contributed by atoms with Gasteiger partial charge in [0.15, 0.2) is 5.84 Å². The standard InChI is InChI=1S/C22H25N3O3S/c26-22(24-17-8-4-2-1-3-5-9-17)16-12-14-18(15-13-16)23-21-19-10-6-7-11-20(19)29(27,28)25-21/h6-7,10-15,17H,1-5,8-9H2,(H,23,25)(H,24,26). The second kappa shape index (κ2) is 8.37. The molecule has 1 heterocycles. The summed E-state index contributed by atoms with van der Waals surface area (Å²) in [7, 11) is -3.66. The third-order valence-electron chi connectivity index (χ3n) is 5.48. The number of nitrogens with zero attached hydrogens (tertiary/aromatic N) is 1. The van der Waals surface area contributed by atoms with Gasteiger partial charge in [-0.2, -0.15) is 8.42 Å². The SMILES string of the molecule is O=C(NC1CCCCCCC1)c1ccc(NC2=NS(=O)(=O)c3ccccc32)cc1. The van der Waals surface area contributed by atoms with Gasteiger partial charge >= 0.3 is 0 Å². The van der Waals surface area contributed by atoms with Crippen LogP contribution >= 0.6 is 0 Å². The van der Waals surface area contributed by atoms with E-state index >= 15 is 0 Å². The summed E-state index contributed by atoms with van der Waals surface area (Å²) in [5.41, 5.74) is 1.83. The molecule has 1 fully saturated rings. The molecule has 6 nitrogen and oxygen atoms in total. The van der Waals surface area contributed by atoms with Crippen molar-refractivity contribution in [3.05, 3.63) is 59.7 Å². The highest BCUT2D eigenvalue weighted by Crippen LogP contribution is 2.26. The van der Waals surface area contributed by atoms with E-state index in [0.29, 0.717) is 22.6 Å². The highest BCUT2D eigenvalue weighted by atomic mass is 32.2. The summed E-state index contributed by atoms with van der Waals surface area (Å²) >= 11 is 0. The number of sulfonamides is 1. The highest BCUT2D eigenvalue weighted by Gasteiger charge is 2.28. The summed E-state index contributed by atoms with van der Waals surface area (Å²) in [6, 6.07) is 14.0. The van der Waals surface area contributed by atoms with Crippen molar-refractivity contribution >= 4 is 27.5 Å². The van der Waals surface area contributed by atoms with Gasteiger partial charge in [-0.3, -0.25) is 4.79 Å². The third kappa shape index (κ3) is 4.50. The quantitative estimate of drug-likeness (QED) is 0.796.